The molecule has 3 aliphatic rings. The Bertz CT molecular complexity index is 781. The van der Waals surface area contributed by atoms with Gasteiger partial charge in [0, 0.05) is 13.1 Å². The van der Waals surface area contributed by atoms with Crippen LogP contribution >= 0.6 is 0 Å². The van der Waals surface area contributed by atoms with Crippen molar-refractivity contribution in [3.05, 3.63) is 35.9 Å². The molecule has 176 valence electrons. The molecule has 3 amide bonds. The van der Waals surface area contributed by atoms with Crippen LogP contribution in [0.15, 0.2) is 30.3 Å². The maximum absolute atomic E-state index is 12.8. The Morgan fingerprint density at radius 1 is 1.25 bits per heavy atom. The lowest BCUT2D eigenvalue weighted by Crippen LogP contribution is -2.73. The van der Waals surface area contributed by atoms with Crippen molar-refractivity contribution in [2.45, 2.75) is 82.1 Å². The molecule has 7 heteroatoms. The van der Waals surface area contributed by atoms with E-state index in [1.807, 2.05) is 11.8 Å². The number of nitrogens with zero attached hydrogens (tertiary/aromatic N) is 1. The van der Waals surface area contributed by atoms with Crippen molar-refractivity contribution < 1.29 is 19.1 Å². The minimum Gasteiger partial charge on any atom is -0.376 e. The monoisotopic (exact) mass is 443 g/mol. The Balaban J connectivity index is 1.42. The van der Waals surface area contributed by atoms with E-state index in [0.29, 0.717) is 32.2 Å². The van der Waals surface area contributed by atoms with E-state index in [-0.39, 0.29) is 24.1 Å². The molecule has 3 atom stereocenters. The Morgan fingerprint density at radius 2 is 2.00 bits per heavy atom. The fourth-order valence-corrected chi connectivity index (χ4v) is 5.49. The standard InChI is InChI=1S/C25H37N3O4/c1-3-26-24(30)28-15-7-14-25(17-32-18(2)23(29)27-25)22(28)16-31-21-12-10-20(11-13-21)19-8-5-4-6-9-19/h4-6,8-9,18,20-22H,3,7,10-17H2,1-2H3,(H,26,30)(H,27,29)/t18?,20?,21?,22-,25+/m0/s1. The number of benzene rings is 1. The molecule has 1 unspecified atom stereocenters. The summed E-state index contributed by atoms with van der Waals surface area (Å²) in [6, 6.07) is 10.4. The molecule has 3 fully saturated rings. The van der Waals surface area contributed by atoms with Crippen LogP contribution < -0.4 is 10.6 Å². The maximum atomic E-state index is 12.8. The van der Waals surface area contributed by atoms with E-state index in [9.17, 15) is 9.59 Å². The number of urea groups is 1. The van der Waals surface area contributed by atoms with Gasteiger partial charge in [0.05, 0.1) is 30.9 Å². The molecule has 0 aromatic heterocycles. The Kier molecular flexibility index (Phi) is 7.36. The van der Waals surface area contributed by atoms with E-state index in [1.165, 1.54) is 5.56 Å². The molecule has 0 radical (unpaired) electrons. The highest BCUT2D eigenvalue weighted by molar-refractivity contribution is 5.82. The van der Waals surface area contributed by atoms with Crippen LogP contribution in [0.2, 0.25) is 0 Å². The molecule has 2 saturated heterocycles. The van der Waals surface area contributed by atoms with Crippen molar-refractivity contribution in [1.82, 2.24) is 15.5 Å². The lowest BCUT2D eigenvalue weighted by atomic mass is 9.80. The highest BCUT2D eigenvalue weighted by atomic mass is 16.5. The third-order valence-corrected chi connectivity index (χ3v) is 7.39. The van der Waals surface area contributed by atoms with Crippen LogP contribution in [0.25, 0.3) is 0 Å². The van der Waals surface area contributed by atoms with E-state index in [4.69, 9.17) is 9.47 Å². The Labute approximate surface area is 191 Å². The first-order valence-electron chi connectivity index (χ1n) is 12.2. The SMILES string of the molecule is CCNC(=O)N1CCC[C@@]2(COC(C)C(=O)N2)[C@@H]1COC1CCC(c2ccccc2)CC1. The van der Waals surface area contributed by atoms with Gasteiger partial charge in [-0.25, -0.2) is 4.79 Å². The van der Waals surface area contributed by atoms with Crippen molar-refractivity contribution in [3.63, 3.8) is 0 Å². The van der Waals surface area contributed by atoms with Crippen LogP contribution in [0.1, 0.15) is 63.9 Å². The number of amides is 3. The molecule has 1 saturated carbocycles. The third kappa shape index (κ3) is 4.94. The minimum atomic E-state index is -0.589. The summed E-state index contributed by atoms with van der Waals surface area (Å²) in [5.74, 6) is 0.485. The quantitative estimate of drug-likeness (QED) is 0.733. The zero-order chi connectivity index (χ0) is 22.6. The van der Waals surface area contributed by atoms with Crippen LogP contribution in [0.4, 0.5) is 4.79 Å². The second-order valence-electron chi connectivity index (χ2n) is 9.46. The average Bonchev–Trinajstić information content (AvgIpc) is 2.82. The van der Waals surface area contributed by atoms with E-state index >= 15 is 0 Å². The maximum Gasteiger partial charge on any atom is 0.317 e. The molecule has 2 N–H and O–H groups in total. The second kappa shape index (κ2) is 10.2. The summed E-state index contributed by atoms with van der Waals surface area (Å²) in [5.41, 5.74) is 0.824. The first-order chi connectivity index (χ1) is 15.5. The van der Waals surface area contributed by atoms with Gasteiger partial charge in [-0.15, -0.1) is 0 Å². The number of morpholine rings is 1. The normalized spacial score (nSPS) is 33.1. The van der Waals surface area contributed by atoms with Crippen molar-refractivity contribution in [2.75, 3.05) is 26.3 Å². The third-order valence-electron chi connectivity index (χ3n) is 7.39. The predicted molar refractivity (Wildman–Crippen MR) is 122 cm³/mol. The number of ether oxygens (including phenoxy) is 2. The van der Waals surface area contributed by atoms with Crippen molar-refractivity contribution >= 4 is 11.9 Å². The van der Waals surface area contributed by atoms with E-state index in [1.54, 1.807) is 6.92 Å². The smallest absolute Gasteiger partial charge is 0.317 e. The first-order valence-corrected chi connectivity index (χ1v) is 12.2. The van der Waals surface area contributed by atoms with E-state index in [2.05, 4.69) is 41.0 Å². The number of rotatable bonds is 5. The summed E-state index contributed by atoms with van der Waals surface area (Å²) in [6.45, 7) is 5.73. The number of carbonyl (C=O) groups excluding carboxylic acids is 2. The average molecular weight is 444 g/mol. The molecule has 0 bridgehead atoms. The zero-order valence-electron chi connectivity index (χ0n) is 19.3. The second-order valence-corrected chi connectivity index (χ2v) is 9.46. The summed E-state index contributed by atoms with van der Waals surface area (Å²) < 4.78 is 12.3. The zero-order valence-corrected chi connectivity index (χ0v) is 19.3. The van der Waals surface area contributed by atoms with Gasteiger partial charge < -0.3 is 25.0 Å². The van der Waals surface area contributed by atoms with Crippen molar-refractivity contribution in [3.8, 4) is 0 Å². The van der Waals surface area contributed by atoms with Crippen LogP contribution in [-0.4, -0.2) is 66.9 Å². The van der Waals surface area contributed by atoms with Crippen LogP contribution in [0.3, 0.4) is 0 Å². The summed E-state index contributed by atoms with van der Waals surface area (Å²) >= 11 is 0. The van der Waals surface area contributed by atoms with Crippen LogP contribution in [-0.2, 0) is 14.3 Å². The molecule has 7 nitrogen and oxygen atoms in total. The number of piperidine rings is 1. The molecular formula is C25H37N3O4. The van der Waals surface area contributed by atoms with Gasteiger partial charge in [-0.2, -0.15) is 0 Å². The molecule has 1 aliphatic carbocycles. The van der Waals surface area contributed by atoms with Crippen molar-refractivity contribution in [1.29, 1.82) is 0 Å². The fourth-order valence-electron chi connectivity index (χ4n) is 5.49. The molecular weight excluding hydrogens is 406 g/mol. The molecule has 2 aliphatic heterocycles. The number of carbonyl (C=O) groups is 2. The largest absolute Gasteiger partial charge is 0.376 e. The number of hydrogen-bond acceptors (Lipinski definition) is 4. The fraction of sp³-hybridized carbons (Fsp3) is 0.680. The van der Waals surface area contributed by atoms with Crippen molar-refractivity contribution in [2.24, 2.45) is 0 Å². The summed E-state index contributed by atoms with van der Waals surface area (Å²) in [5, 5.41) is 6.14. The van der Waals surface area contributed by atoms with Crippen LogP contribution in [0.5, 0.6) is 0 Å². The minimum absolute atomic E-state index is 0.0965. The van der Waals surface area contributed by atoms with Gasteiger partial charge >= 0.3 is 6.03 Å². The summed E-state index contributed by atoms with van der Waals surface area (Å²) in [4.78, 5) is 27.2. The molecule has 1 aromatic rings. The van der Waals surface area contributed by atoms with Gasteiger partial charge in [0.1, 0.15) is 6.10 Å². The van der Waals surface area contributed by atoms with Gasteiger partial charge in [-0.05, 0) is 63.9 Å². The van der Waals surface area contributed by atoms with Gasteiger partial charge in [0.15, 0.2) is 0 Å². The van der Waals surface area contributed by atoms with E-state index < -0.39 is 11.6 Å². The lowest BCUT2D eigenvalue weighted by Gasteiger charge is -2.52. The van der Waals surface area contributed by atoms with Gasteiger partial charge in [0.2, 0.25) is 5.91 Å². The number of likely N-dealkylation sites (tertiary alicyclic amines) is 1. The summed E-state index contributed by atoms with van der Waals surface area (Å²) in [6.07, 6.45) is 5.59. The highest BCUT2D eigenvalue weighted by Crippen LogP contribution is 2.36. The number of nitrogens with one attached hydrogen (secondary N) is 2. The lowest BCUT2D eigenvalue weighted by molar-refractivity contribution is -0.153. The van der Waals surface area contributed by atoms with Crippen LogP contribution in [0, 0.1) is 0 Å². The summed E-state index contributed by atoms with van der Waals surface area (Å²) in [7, 11) is 0. The topological polar surface area (TPSA) is 79.9 Å². The highest BCUT2D eigenvalue weighted by Gasteiger charge is 2.50. The van der Waals surface area contributed by atoms with Gasteiger partial charge in [-0.3, -0.25) is 4.79 Å². The first kappa shape index (κ1) is 23.1. The van der Waals surface area contributed by atoms with Gasteiger partial charge in [-0.1, -0.05) is 30.3 Å². The Hall–Kier alpha value is -2.12. The van der Waals surface area contributed by atoms with Gasteiger partial charge in [0.25, 0.3) is 0 Å². The predicted octanol–water partition coefficient (Wildman–Crippen LogP) is 3.20. The molecule has 1 spiro atoms. The molecule has 1 aromatic carbocycles. The molecule has 32 heavy (non-hydrogen) atoms. The Morgan fingerprint density at radius 3 is 2.69 bits per heavy atom. The van der Waals surface area contributed by atoms with E-state index in [0.717, 1.165) is 38.5 Å². The molecule has 2 heterocycles. The number of hydrogen-bond donors (Lipinski definition) is 2. The molecule has 4 rings (SSSR count).